The number of pyridine rings is 1. The van der Waals surface area contributed by atoms with Crippen LogP contribution in [0.2, 0.25) is 10.0 Å². The molecular weight excluding hydrogens is 423 g/mol. The molecule has 8 heteroatoms. The molecule has 6 nitrogen and oxygen atoms in total. The zero-order chi connectivity index (χ0) is 21.7. The van der Waals surface area contributed by atoms with E-state index in [-0.39, 0.29) is 11.8 Å². The lowest BCUT2D eigenvalue weighted by Crippen LogP contribution is -2.25. The van der Waals surface area contributed by atoms with Crippen molar-refractivity contribution < 1.29 is 9.59 Å². The van der Waals surface area contributed by atoms with Crippen LogP contribution in [0, 0.1) is 0 Å². The second-order valence-corrected chi connectivity index (χ2v) is 7.57. The van der Waals surface area contributed by atoms with E-state index >= 15 is 0 Å². The van der Waals surface area contributed by atoms with Gasteiger partial charge < -0.3 is 15.5 Å². The Hall–Kier alpha value is -3.09. The summed E-state index contributed by atoms with van der Waals surface area (Å²) < 4.78 is 0. The Bertz CT molecular complexity index is 1070. The monoisotopic (exact) mass is 442 g/mol. The van der Waals surface area contributed by atoms with Crippen LogP contribution in [-0.4, -0.2) is 30.9 Å². The van der Waals surface area contributed by atoms with Crippen LogP contribution in [0.25, 0.3) is 0 Å². The molecule has 2 N–H and O–H groups in total. The lowest BCUT2D eigenvalue weighted by atomic mass is 10.1. The zero-order valence-electron chi connectivity index (χ0n) is 16.4. The largest absolute Gasteiger partial charge is 0.377 e. The van der Waals surface area contributed by atoms with E-state index < -0.39 is 0 Å². The number of anilines is 2. The molecule has 1 aromatic heterocycles. The van der Waals surface area contributed by atoms with Gasteiger partial charge in [-0.15, -0.1) is 0 Å². The van der Waals surface area contributed by atoms with Crippen molar-refractivity contribution in [3.8, 4) is 0 Å². The maximum absolute atomic E-state index is 12.8. The van der Waals surface area contributed by atoms with E-state index in [1.807, 2.05) is 31.1 Å². The van der Waals surface area contributed by atoms with Gasteiger partial charge in [0, 0.05) is 50.0 Å². The molecule has 0 saturated heterocycles. The topological polar surface area (TPSA) is 74.3 Å². The maximum Gasteiger partial charge on any atom is 0.255 e. The molecule has 0 aliphatic heterocycles. The minimum absolute atomic E-state index is 0.256. The third-order valence-electron chi connectivity index (χ3n) is 4.34. The summed E-state index contributed by atoms with van der Waals surface area (Å²) in [5, 5.41) is 6.34. The van der Waals surface area contributed by atoms with Gasteiger partial charge in [-0.1, -0.05) is 29.3 Å². The van der Waals surface area contributed by atoms with Crippen molar-refractivity contribution in [2.45, 2.75) is 6.54 Å². The molecule has 154 valence electrons. The Morgan fingerprint density at radius 2 is 1.80 bits per heavy atom. The van der Waals surface area contributed by atoms with E-state index in [1.165, 1.54) is 6.07 Å². The molecule has 0 fully saturated rings. The van der Waals surface area contributed by atoms with Gasteiger partial charge in [0.25, 0.3) is 11.8 Å². The van der Waals surface area contributed by atoms with Gasteiger partial charge in [-0.25, -0.2) is 0 Å². The van der Waals surface area contributed by atoms with Crippen LogP contribution >= 0.6 is 23.2 Å². The van der Waals surface area contributed by atoms with Crippen LogP contribution in [0.5, 0.6) is 0 Å². The molecule has 2 amide bonds. The van der Waals surface area contributed by atoms with Gasteiger partial charge in [0.1, 0.15) is 0 Å². The summed E-state index contributed by atoms with van der Waals surface area (Å²) in [5.74, 6) is -0.610. The normalized spacial score (nSPS) is 10.4. The number of rotatable bonds is 6. The molecule has 1 heterocycles. The van der Waals surface area contributed by atoms with Gasteiger partial charge in [-0.3, -0.25) is 14.6 Å². The first kappa shape index (κ1) is 21.6. The second kappa shape index (κ2) is 9.61. The Kier molecular flexibility index (Phi) is 6.92. The van der Waals surface area contributed by atoms with Crippen molar-refractivity contribution in [2.24, 2.45) is 0 Å². The summed E-state index contributed by atoms with van der Waals surface area (Å²) in [5.41, 5.74) is 2.91. The molecule has 0 spiro atoms. The highest BCUT2D eigenvalue weighted by molar-refractivity contribution is 6.42. The number of hydrogen-bond acceptors (Lipinski definition) is 4. The average molecular weight is 443 g/mol. The minimum Gasteiger partial charge on any atom is -0.377 e. The smallest absolute Gasteiger partial charge is 0.255 e. The van der Waals surface area contributed by atoms with Gasteiger partial charge in [0.15, 0.2) is 0 Å². The number of aromatic nitrogens is 1. The number of nitrogens with one attached hydrogen (secondary N) is 2. The first-order valence-corrected chi connectivity index (χ1v) is 9.85. The summed E-state index contributed by atoms with van der Waals surface area (Å²) in [6, 6.07) is 13.5. The molecule has 0 aliphatic carbocycles. The van der Waals surface area contributed by atoms with E-state index in [4.69, 9.17) is 23.2 Å². The van der Waals surface area contributed by atoms with Crippen LogP contribution in [0.4, 0.5) is 11.4 Å². The van der Waals surface area contributed by atoms with Gasteiger partial charge in [0.2, 0.25) is 0 Å². The molecule has 30 heavy (non-hydrogen) atoms. The fraction of sp³-hybridized carbons (Fsp3) is 0.136. The predicted molar refractivity (Wildman–Crippen MR) is 121 cm³/mol. The standard InChI is InChI=1S/C22H20Cl2N4O2/c1-28(2)20-8-6-16(27-21(29)15-5-7-18(23)19(24)10-15)11-17(20)22(30)26-13-14-4-3-9-25-12-14/h3-12H,13H2,1-2H3,(H,26,30)(H,27,29). The number of amides is 2. The zero-order valence-corrected chi connectivity index (χ0v) is 18.0. The molecule has 2 aromatic carbocycles. The van der Waals surface area contributed by atoms with Crippen molar-refractivity contribution in [3.63, 3.8) is 0 Å². The second-order valence-electron chi connectivity index (χ2n) is 6.75. The molecule has 3 rings (SSSR count). The first-order chi connectivity index (χ1) is 14.3. The highest BCUT2D eigenvalue weighted by Crippen LogP contribution is 2.25. The third-order valence-corrected chi connectivity index (χ3v) is 5.08. The van der Waals surface area contributed by atoms with Crippen molar-refractivity contribution >= 4 is 46.4 Å². The third kappa shape index (κ3) is 5.28. The van der Waals surface area contributed by atoms with E-state index in [2.05, 4.69) is 15.6 Å². The number of benzene rings is 2. The van der Waals surface area contributed by atoms with Crippen LogP contribution in [0.3, 0.4) is 0 Å². The summed E-state index contributed by atoms with van der Waals surface area (Å²) in [4.78, 5) is 31.3. The van der Waals surface area contributed by atoms with Crippen LogP contribution in [0.15, 0.2) is 60.9 Å². The van der Waals surface area contributed by atoms with Gasteiger partial charge in [-0.05, 0) is 48.0 Å². The van der Waals surface area contributed by atoms with Gasteiger partial charge in [-0.2, -0.15) is 0 Å². The van der Waals surface area contributed by atoms with Gasteiger partial charge in [0.05, 0.1) is 15.6 Å². The number of carbonyl (C=O) groups is 2. The highest BCUT2D eigenvalue weighted by atomic mass is 35.5. The lowest BCUT2D eigenvalue weighted by Gasteiger charge is -2.18. The number of hydrogen-bond donors (Lipinski definition) is 2. The number of halogens is 2. The summed E-state index contributed by atoms with van der Waals surface area (Å²) in [7, 11) is 3.70. The average Bonchev–Trinajstić information content (AvgIpc) is 2.74. The Labute approximate surface area is 184 Å². The van der Waals surface area contributed by atoms with Crippen molar-refractivity contribution in [2.75, 3.05) is 24.3 Å². The molecular formula is C22H20Cl2N4O2. The molecule has 3 aromatic rings. The Morgan fingerprint density at radius 1 is 1.00 bits per heavy atom. The van der Waals surface area contributed by atoms with Crippen LogP contribution in [0.1, 0.15) is 26.3 Å². The van der Waals surface area contributed by atoms with Crippen molar-refractivity contribution in [1.82, 2.24) is 10.3 Å². The Balaban J connectivity index is 1.80. The molecule has 0 aliphatic rings. The van der Waals surface area contributed by atoms with E-state index in [0.29, 0.717) is 33.4 Å². The van der Waals surface area contributed by atoms with Crippen molar-refractivity contribution in [3.05, 3.63) is 87.7 Å². The first-order valence-electron chi connectivity index (χ1n) is 9.10. The molecule has 0 unspecified atom stereocenters. The van der Waals surface area contributed by atoms with Crippen LogP contribution in [-0.2, 0) is 6.54 Å². The molecule has 0 bridgehead atoms. The fourth-order valence-electron chi connectivity index (χ4n) is 2.81. The van der Waals surface area contributed by atoms with E-state index in [9.17, 15) is 9.59 Å². The van der Waals surface area contributed by atoms with E-state index in [0.717, 1.165) is 11.3 Å². The number of nitrogens with zero attached hydrogens (tertiary/aromatic N) is 2. The maximum atomic E-state index is 12.8. The summed E-state index contributed by atoms with van der Waals surface area (Å²) >= 11 is 11.9. The quantitative estimate of drug-likeness (QED) is 0.583. The summed E-state index contributed by atoms with van der Waals surface area (Å²) in [6.07, 6.45) is 3.37. The number of carbonyl (C=O) groups excluding carboxylic acids is 2. The lowest BCUT2D eigenvalue weighted by molar-refractivity contribution is 0.0950. The molecule has 0 radical (unpaired) electrons. The fourth-order valence-corrected chi connectivity index (χ4v) is 3.10. The predicted octanol–water partition coefficient (Wildman–Crippen LogP) is 4.64. The van der Waals surface area contributed by atoms with E-state index in [1.54, 1.807) is 42.7 Å². The Morgan fingerprint density at radius 3 is 2.47 bits per heavy atom. The summed E-state index contributed by atoms with van der Waals surface area (Å²) in [6.45, 7) is 0.347. The van der Waals surface area contributed by atoms with Crippen molar-refractivity contribution in [1.29, 1.82) is 0 Å². The van der Waals surface area contributed by atoms with Gasteiger partial charge >= 0.3 is 0 Å². The molecule has 0 atom stereocenters. The van der Waals surface area contributed by atoms with Crippen LogP contribution < -0.4 is 15.5 Å². The molecule has 0 saturated carbocycles. The highest BCUT2D eigenvalue weighted by Gasteiger charge is 2.16. The SMILES string of the molecule is CN(C)c1ccc(NC(=O)c2ccc(Cl)c(Cl)c2)cc1C(=O)NCc1cccnc1. The minimum atomic E-state index is -0.354.